The van der Waals surface area contributed by atoms with E-state index in [4.69, 9.17) is 15.3 Å². The fraction of sp³-hybridized carbons (Fsp3) is 0.200. The first kappa shape index (κ1) is 12.7. The second-order valence-corrected chi connectivity index (χ2v) is 4.10. The predicted octanol–water partition coefficient (Wildman–Crippen LogP) is 0.644. The summed E-state index contributed by atoms with van der Waals surface area (Å²) in [7, 11) is 0. The first-order valence-electron chi connectivity index (χ1n) is 5.09. The van der Waals surface area contributed by atoms with Gasteiger partial charge < -0.3 is 4.74 Å². The SMILES string of the molecule is CCOC(=O)c1nnc(-n2cnc(C#N)c2C#N)s1. The lowest BCUT2D eigenvalue weighted by molar-refractivity contribution is 0.0525. The van der Waals surface area contributed by atoms with Crippen LogP contribution in [0.2, 0.25) is 0 Å². The largest absolute Gasteiger partial charge is 0.461 e. The minimum Gasteiger partial charge on any atom is -0.461 e. The molecule has 0 bridgehead atoms. The van der Waals surface area contributed by atoms with Crippen molar-refractivity contribution in [3.8, 4) is 17.3 Å². The molecule has 0 amide bonds. The van der Waals surface area contributed by atoms with Gasteiger partial charge in [0, 0.05) is 0 Å². The molecule has 0 unspecified atom stereocenters. The summed E-state index contributed by atoms with van der Waals surface area (Å²) in [5.74, 6) is -0.578. The first-order valence-corrected chi connectivity index (χ1v) is 5.91. The fourth-order valence-electron chi connectivity index (χ4n) is 1.27. The van der Waals surface area contributed by atoms with Gasteiger partial charge in [0.15, 0.2) is 11.4 Å². The van der Waals surface area contributed by atoms with Crippen LogP contribution in [0.25, 0.3) is 5.13 Å². The number of imidazole rings is 1. The molecule has 2 rings (SSSR count). The molecular formula is C10H6N6O2S. The molecular weight excluding hydrogens is 268 g/mol. The molecule has 2 aromatic rings. The van der Waals surface area contributed by atoms with Crippen LogP contribution in [0, 0.1) is 22.7 Å². The third kappa shape index (κ3) is 2.27. The second kappa shape index (κ2) is 5.25. The van der Waals surface area contributed by atoms with Crippen molar-refractivity contribution < 1.29 is 9.53 Å². The zero-order chi connectivity index (χ0) is 13.8. The Kier molecular flexibility index (Phi) is 3.50. The minimum absolute atomic E-state index is 0.00427. The Morgan fingerprint density at radius 3 is 2.89 bits per heavy atom. The van der Waals surface area contributed by atoms with E-state index in [0.29, 0.717) is 0 Å². The standard InChI is InChI=1S/C10H6N6O2S/c1-2-18-9(17)8-14-15-10(19-8)16-5-13-6(3-11)7(16)4-12/h5H,2H2,1H3. The highest BCUT2D eigenvalue weighted by molar-refractivity contribution is 7.15. The van der Waals surface area contributed by atoms with Gasteiger partial charge in [-0.05, 0) is 6.92 Å². The molecule has 0 saturated carbocycles. The molecule has 0 atom stereocenters. The van der Waals surface area contributed by atoms with Gasteiger partial charge in [-0.2, -0.15) is 10.5 Å². The van der Waals surface area contributed by atoms with Gasteiger partial charge in [0.05, 0.1) is 6.61 Å². The summed E-state index contributed by atoms with van der Waals surface area (Å²) < 4.78 is 6.09. The molecule has 0 spiro atoms. The number of hydrogen-bond donors (Lipinski definition) is 0. The molecule has 0 N–H and O–H groups in total. The molecule has 0 aromatic carbocycles. The van der Waals surface area contributed by atoms with Crippen LogP contribution < -0.4 is 0 Å². The van der Waals surface area contributed by atoms with E-state index in [2.05, 4.69) is 15.2 Å². The maximum absolute atomic E-state index is 11.4. The van der Waals surface area contributed by atoms with Gasteiger partial charge in [0.25, 0.3) is 0 Å². The quantitative estimate of drug-likeness (QED) is 0.753. The maximum atomic E-state index is 11.4. The number of hydrogen-bond acceptors (Lipinski definition) is 8. The van der Waals surface area contributed by atoms with E-state index in [1.54, 1.807) is 13.0 Å². The van der Waals surface area contributed by atoms with Crippen molar-refractivity contribution in [2.45, 2.75) is 6.92 Å². The van der Waals surface area contributed by atoms with Crippen LogP contribution in [0.4, 0.5) is 0 Å². The van der Waals surface area contributed by atoms with Gasteiger partial charge in [-0.3, -0.25) is 4.57 Å². The van der Waals surface area contributed by atoms with E-state index < -0.39 is 5.97 Å². The summed E-state index contributed by atoms with van der Waals surface area (Å²) in [6.07, 6.45) is 1.28. The molecule has 0 fully saturated rings. The first-order chi connectivity index (χ1) is 9.21. The number of nitrogens with zero attached hydrogens (tertiary/aromatic N) is 6. The Bertz CT molecular complexity index is 704. The monoisotopic (exact) mass is 274 g/mol. The van der Waals surface area contributed by atoms with Crippen molar-refractivity contribution in [1.29, 1.82) is 10.5 Å². The van der Waals surface area contributed by atoms with Gasteiger partial charge >= 0.3 is 5.97 Å². The molecule has 19 heavy (non-hydrogen) atoms. The van der Waals surface area contributed by atoms with Crippen molar-refractivity contribution in [2.24, 2.45) is 0 Å². The molecule has 0 saturated heterocycles. The lowest BCUT2D eigenvalue weighted by Gasteiger charge is -1.95. The summed E-state index contributed by atoms with van der Waals surface area (Å²) in [6.45, 7) is 1.92. The van der Waals surface area contributed by atoms with Crippen LogP contribution in [-0.4, -0.2) is 32.3 Å². The highest BCUT2D eigenvalue weighted by atomic mass is 32.1. The number of esters is 1. The molecule has 2 heterocycles. The van der Waals surface area contributed by atoms with Crippen molar-refractivity contribution in [2.75, 3.05) is 6.61 Å². The van der Waals surface area contributed by atoms with Crippen LogP contribution >= 0.6 is 11.3 Å². The highest BCUT2D eigenvalue weighted by Crippen LogP contribution is 2.18. The van der Waals surface area contributed by atoms with E-state index in [0.717, 1.165) is 11.3 Å². The molecule has 8 nitrogen and oxygen atoms in total. The van der Waals surface area contributed by atoms with Crippen LogP contribution in [0.1, 0.15) is 28.1 Å². The molecule has 94 valence electrons. The Labute approximate surface area is 111 Å². The van der Waals surface area contributed by atoms with Gasteiger partial charge in [0.2, 0.25) is 10.1 Å². The molecule has 9 heteroatoms. The Balaban J connectivity index is 2.40. The summed E-state index contributed by atoms with van der Waals surface area (Å²) in [4.78, 5) is 15.2. The lowest BCUT2D eigenvalue weighted by Crippen LogP contribution is -2.03. The number of carbonyl (C=O) groups is 1. The third-order valence-electron chi connectivity index (χ3n) is 2.05. The van der Waals surface area contributed by atoms with E-state index in [-0.39, 0.29) is 28.1 Å². The van der Waals surface area contributed by atoms with Crippen molar-refractivity contribution in [3.63, 3.8) is 0 Å². The van der Waals surface area contributed by atoms with E-state index >= 15 is 0 Å². The summed E-state index contributed by atoms with van der Waals surface area (Å²) in [6, 6.07) is 3.65. The van der Waals surface area contributed by atoms with Crippen molar-refractivity contribution in [3.05, 3.63) is 22.7 Å². The van der Waals surface area contributed by atoms with Gasteiger partial charge in [0.1, 0.15) is 18.5 Å². The molecule has 0 aliphatic heterocycles. The minimum atomic E-state index is -0.578. The summed E-state index contributed by atoms with van der Waals surface area (Å²) >= 11 is 0.953. The van der Waals surface area contributed by atoms with E-state index in [1.807, 2.05) is 6.07 Å². The Morgan fingerprint density at radius 2 is 2.26 bits per heavy atom. The van der Waals surface area contributed by atoms with Crippen molar-refractivity contribution in [1.82, 2.24) is 19.7 Å². The zero-order valence-corrected chi connectivity index (χ0v) is 10.5. The number of carbonyl (C=O) groups excluding carboxylic acids is 1. The van der Waals surface area contributed by atoms with Gasteiger partial charge in [-0.25, -0.2) is 9.78 Å². The Morgan fingerprint density at radius 1 is 1.47 bits per heavy atom. The molecule has 0 aliphatic carbocycles. The van der Waals surface area contributed by atoms with Crippen LogP contribution in [0.3, 0.4) is 0 Å². The number of rotatable bonds is 3. The number of aromatic nitrogens is 4. The van der Waals surface area contributed by atoms with E-state index in [9.17, 15) is 4.79 Å². The van der Waals surface area contributed by atoms with Gasteiger partial charge in [-0.15, -0.1) is 10.2 Å². The smallest absolute Gasteiger partial charge is 0.369 e. The molecule has 0 radical (unpaired) electrons. The highest BCUT2D eigenvalue weighted by Gasteiger charge is 2.18. The molecule has 0 aliphatic rings. The lowest BCUT2D eigenvalue weighted by atomic mass is 10.4. The zero-order valence-electron chi connectivity index (χ0n) is 9.69. The van der Waals surface area contributed by atoms with Crippen LogP contribution in [-0.2, 0) is 4.74 Å². The second-order valence-electron chi connectivity index (χ2n) is 3.15. The summed E-state index contributed by atoms with van der Waals surface area (Å²) in [5, 5.41) is 25.6. The van der Waals surface area contributed by atoms with Crippen molar-refractivity contribution >= 4 is 17.3 Å². The topological polar surface area (TPSA) is 117 Å². The normalized spacial score (nSPS) is 9.63. The van der Waals surface area contributed by atoms with Crippen LogP contribution in [0.15, 0.2) is 6.33 Å². The number of nitriles is 2. The number of ether oxygens (including phenoxy) is 1. The Hall–Kier alpha value is -2.78. The predicted molar refractivity (Wildman–Crippen MR) is 62.4 cm³/mol. The maximum Gasteiger partial charge on any atom is 0.369 e. The van der Waals surface area contributed by atoms with E-state index in [1.165, 1.54) is 10.9 Å². The van der Waals surface area contributed by atoms with Crippen LogP contribution in [0.5, 0.6) is 0 Å². The summed E-state index contributed by atoms with van der Waals surface area (Å²) in [5.41, 5.74) is 0.0458. The third-order valence-corrected chi connectivity index (χ3v) is 2.95. The average molecular weight is 274 g/mol. The van der Waals surface area contributed by atoms with Gasteiger partial charge in [-0.1, -0.05) is 11.3 Å². The molecule has 2 aromatic heterocycles. The fourth-order valence-corrected chi connectivity index (χ4v) is 1.99. The average Bonchev–Trinajstić information content (AvgIpc) is 3.04.